The molecule has 3 nitrogen and oxygen atoms in total. The Morgan fingerprint density at radius 3 is 2.18 bits per heavy atom. The summed E-state index contributed by atoms with van der Waals surface area (Å²) in [6, 6.07) is 0.963. The highest BCUT2D eigenvalue weighted by Gasteiger charge is 2.41. The van der Waals surface area contributed by atoms with Crippen LogP contribution in [0.1, 0.15) is 38.5 Å². The van der Waals surface area contributed by atoms with Crippen LogP contribution in [0.2, 0.25) is 6.04 Å². The molecule has 2 saturated carbocycles. The highest BCUT2D eigenvalue weighted by Crippen LogP contribution is 2.50. The Morgan fingerprint density at radius 1 is 1.00 bits per heavy atom. The molecule has 0 spiro atoms. The first-order valence-corrected chi connectivity index (χ1v) is 8.81. The van der Waals surface area contributed by atoms with E-state index in [2.05, 4.69) is 0 Å². The first kappa shape index (κ1) is 13.5. The van der Waals surface area contributed by atoms with Gasteiger partial charge in [-0.1, -0.05) is 12.8 Å². The van der Waals surface area contributed by atoms with E-state index in [1.807, 2.05) is 0 Å². The first-order chi connectivity index (χ1) is 8.23. The molecule has 2 fully saturated rings. The number of fused-ring (bicyclic) bond motifs is 2. The quantitative estimate of drug-likeness (QED) is 0.657. The van der Waals surface area contributed by atoms with Crippen molar-refractivity contribution in [3.63, 3.8) is 0 Å². The van der Waals surface area contributed by atoms with Crippen molar-refractivity contribution in [1.82, 2.24) is 0 Å². The van der Waals surface area contributed by atoms with E-state index in [1.54, 1.807) is 21.3 Å². The maximum atomic E-state index is 5.46. The Labute approximate surface area is 106 Å². The minimum Gasteiger partial charge on any atom is -0.377 e. The van der Waals surface area contributed by atoms with Gasteiger partial charge in [-0.05, 0) is 43.4 Å². The van der Waals surface area contributed by atoms with E-state index in [0.717, 1.165) is 23.8 Å². The Hall–Kier alpha value is 0.0969. The van der Waals surface area contributed by atoms with E-state index < -0.39 is 8.80 Å². The SMILES string of the molecule is CO[Si](CCCC1CC2CCC1C2)(OC)OC. The first-order valence-electron chi connectivity index (χ1n) is 6.88. The van der Waals surface area contributed by atoms with Crippen molar-refractivity contribution in [1.29, 1.82) is 0 Å². The minimum atomic E-state index is -2.31. The molecule has 100 valence electrons. The van der Waals surface area contributed by atoms with E-state index in [4.69, 9.17) is 13.3 Å². The summed E-state index contributed by atoms with van der Waals surface area (Å²) in [6.07, 6.45) is 8.49. The van der Waals surface area contributed by atoms with Crippen LogP contribution in [0.3, 0.4) is 0 Å². The van der Waals surface area contributed by atoms with Gasteiger partial charge in [0, 0.05) is 27.4 Å². The molecule has 2 rings (SSSR count). The van der Waals surface area contributed by atoms with E-state index in [0.29, 0.717) is 0 Å². The zero-order valence-electron chi connectivity index (χ0n) is 11.4. The van der Waals surface area contributed by atoms with Gasteiger partial charge >= 0.3 is 8.80 Å². The third kappa shape index (κ3) is 2.92. The van der Waals surface area contributed by atoms with Crippen molar-refractivity contribution in [3.8, 4) is 0 Å². The van der Waals surface area contributed by atoms with Gasteiger partial charge in [-0.3, -0.25) is 0 Å². The van der Waals surface area contributed by atoms with Crippen LogP contribution in [0.4, 0.5) is 0 Å². The van der Waals surface area contributed by atoms with Crippen molar-refractivity contribution in [2.45, 2.75) is 44.6 Å². The molecule has 0 heterocycles. The molecule has 0 aromatic rings. The smallest absolute Gasteiger partial charge is 0.377 e. The molecule has 0 aliphatic heterocycles. The van der Waals surface area contributed by atoms with E-state index >= 15 is 0 Å². The summed E-state index contributed by atoms with van der Waals surface area (Å²) in [4.78, 5) is 0. The van der Waals surface area contributed by atoms with Crippen LogP contribution in [0.15, 0.2) is 0 Å². The van der Waals surface area contributed by atoms with Gasteiger partial charge in [0.1, 0.15) is 0 Å². The molecule has 3 unspecified atom stereocenters. The predicted molar refractivity (Wildman–Crippen MR) is 69.8 cm³/mol. The molecule has 4 heteroatoms. The molecule has 0 radical (unpaired) electrons. The van der Waals surface area contributed by atoms with Gasteiger partial charge in [0.2, 0.25) is 0 Å². The van der Waals surface area contributed by atoms with Gasteiger partial charge in [-0.25, -0.2) is 0 Å². The fourth-order valence-corrected chi connectivity index (χ4v) is 5.62. The Morgan fingerprint density at radius 2 is 1.71 bits per heavy atom. The molecule has 3 atom stereocenters. The largest absolute Gasteiger partial charge is 0.500 e. The zero-order chi connectivity index (χ0) is 12.3. The van der Waals surface area contributed by atoms with Crippen molar-refractivity contribution in [2.75, 3.05) is 21.3 Å². The van der Waals surface area contributed by atoms with Crippen LogP contribution in [0, 0.1) is 17.8 Å². The second-order valence-electron chi connectivity index (χ2n) is 5.62. The molecule has 0 saturated heterocycles. The van der Waals surface area contributed by atoms with Crippen molar-refractivity contribution in [3.05, 3.63) is 0 Å². The van der Waals surface area contributed by atoms with Crippen LogP contribution < -0.4 is 0 Å². The monoisotopic (exact) mass is 258 g/mol. The number of rotatable bonds is 7. The van der Waals surface area contributed by atoms with Crippen LogP contribution in [-0.4, -0.2) is 30.1 Å². The molecule has 0 N–H and O–H groups in total. The summed E-state index contributed by atoms with van der Waals surface area (Å²) in [6.45, 7) is 0. The minimum absolute atomic E-state index is 0.963. The topological polar surface area (TPSA) is 27.7 Å². The van der Waals surface area contributed by atoms with Crippen LogP contribution in [-0.2, 0) is 13.3 Å². The molecule has 2 aliphatic rings. The molecular formula is C13H26O3Si. The van der Waals surface area contributed by atoms with Gasteiger partial charge in [-0.15, -0.1) is 0 Å². The van der Waals surface area contributed by atoms with Gasteiger partial charge in [0.05, 0.1) is 0 Å². The second-order valence-corrected chi connectivity index (χ2v) is 8.71. The van der Waals surface area contributed by atoms with Gasteiger partial charge in [0.15, 0.2) is 0 Å². The summed E-state index contributed by atoms with van der Waals surface area (Å²) in [5, 5.41) is 0. The lowest BCUT2D eigenvalue weighted by molar-refractivity contribution is 0.122. The number of hydrogen-bond donors (Lipinski definition) is 0. The molecular weight excluding hydrogens is 232 g/mol. The second kappa shape index (κ2) is 5.82. The fourth-order valence-electron chi connectivity index (χ4n) is 3.87. The molecule has 2 bridgehead atoms. The lowest BCUT2D eigenvalue weighted by atomic mass is 9.86. The lowest BCUT2D eigenvalue weighted by Crippen LogP contribution is -2.42. The summed E-state index contributed by atoms with van der Waals surface area (Å²) in [5.74, 6) is 3.06. The lowest BCUT2D eigenvalue weighted by Gasteiger charge is -2.26. The highest BCUT2D eigenvalue weighted by molar-refractivity contribution is 6.60. The maximum Gasteiger partial charge on any atom is 0.500 e. The Kier molecular flexibility index (Phi) is 4.63. The average Bonchev–Trinajstić information content (AvgIpc) is 2.97. The summed E-state index contributed by atoms with van der Waals surface area (Å²) >= 11 is 0. The van der Waals surface area contributed by atoms with Crippen LogP contribution in [0.5, 0.6) is 0 Å². The van der Waals surface area contributed by atoms with Gasteiger partial charge in [0.25, 0.3) is 0 Å². The summed E-state index contributed by atoms with van der Waals surface area (Å²) in [7, 11) is 2.81. The third-order valence-corrected chi connectivity index (χ3v) is 7.71. The summed E-state index contributed by atoms with van der Waals surface area (Å²) < 4.78 is 16.4. The Bertz CT molecular complexity index is 235. The number of hydrogen-bond acceptors (Lipinski definition) is 3. The maximum absolute atomic E-state index is 5.46. The third-order valence-electron chi connectivity index (χ3n) is 4.88. The molecule has 2 aliphatic carbocycles. The molecule has 0 amide bonds. The predicted octanol–water partition coefficient (Wildman–Crippen LogP) is 3.08. The molecule has 0 aromatic carbocycles. The van der Waals surface area contributed by atoms with E-state index in [-0.39, 0.29) is 0 Å². The van der Waals surface area contributed by atoms with E-state index in [9.17, 15) is 0 Å². The van der Waals surface area contributed by atoms with Crippen molar-refractivity contribution >= 4 is 8.80 Å². The van der Waals surface area contributed by atoms with Gasteiger partial charge in [-0.2, -0.15) is 0 Å². The van der Waals surface area contributed by atoms with Crippen LogP contribution >= 0.6 is 0 Å². The summed E-state index contributed by atoms with van der Waals surface area (Å²) in [5.41, 5.74) is 0. The Balaban J connectivity index is 1.72. The average molecular weight is 258 g/mol. The fraction of sp³-hybridized carbons (Fsp3) is 1.00. The zero-order valence-corrected chi connectivity index (χ0v) is 12.4. The van der Waals surface area contributed by atoms with E-state index in [1.165, 1.54) is 38.5 Å². The standard InChI is InChI=1S/C13H26O3Si/c1-14-17(15-2,16-3)8-4-5-12-9-11-6-7-13(12)10-11/h11-13H,4-10H2,1-3H3. The normalized spacial score (nSPS) is 32.3. The molecule has 0 aromatic heterocycles. The van der Waals surface area contributed by atoms with Crippen molar-refractivity contribution in [2.24, 2.45) is 17.8 Å². The molecule has 17 heavy (non-hydrogen) atoms. The van der Waals surface area contributed by atoms with Crippen LogP contribution in [0.25, 0.3) is 0 Å². The van der Waals surface area contributed by atoms with Gasteiger partial charge < -0.3 is 13.3 Å². The highest BCUT2D eigenvalue weighted by atomic mass is 28.4. The van der Waals surface area contributed by atoms with Crippen molar-refractivity contribution < 1.29 is 13.3 Å².